The highest BCUT2D eigenvalue weighted by atomic mass is 32.2. The molecule has 0 heterocycles. The van der Waals surface area contributed by atoms with E-state index in [0.717, 1.165) is 19.0 Å². The van der Waals surface area contributed by atoms with Gasteiger partial charge >= 0.3 is 15.6 Å². The highest BCUT2D eigenvalue weighted by Crippen LogP contribution is 2.50. The van der Waals surface area contributed by atoms with Crippen LogP contribution in [0.25, 0.3) is 22.3 Å². The topological polar surface area (TPSA) is 71.4 Å². The van der Waals surface area contributed by atoms with Crippen molar-refractivity contribution in [2.75, 3.05) is 18.5 Å². The van der Waals surface area contributed by atoms with E-state index in [1.54, 1.807) is 0 Å². The van der Waals surface area contributed by atoms with Gasteiger partial charge in [-0.2, -0.15) is 21.6 Å². The summed E-state index contributed by atoms with van der Waals surface area (Å²) in [5.41, 5.74) is 6.98. The molecule has 4 aromatic rings. The third-order valence-corrected chi connectivity index (χ3v) is 13.3. The number of benzene rings is 4. The second-order valence-electron chi connectivity index (χ2n) is 12.9. The van der Waals surface area contributed by atoms with Crippen LogP contribution in [0, 0.1) is 0 Å². The molecule has 2 aliphatic rings. The number of ketones is 1. The minimum absolute atomic E-state index is 0.433. The van der Waals surface area contributed by atoms with Gasteiger partial charge in [0.25, 0.3) is 0 Å². The summed E-state index contributed by atoms with van der Waals surface area (Å²) in [6, 6.07) is 31.0. The molecular weight excluding hydrogens is 652 g/mol. The van der Waals surface area contributed by atoms with Crippen molar-refractivity contribution in [3.8, 4) is 22.3 Å². The van der Waals surface area contributed by atoms with Crippen molar-refractivity contribution in [1.29, 1.82) is 0 Å². The lowest BCUT2D eigenvalue weighted by Crippen LogP contribution is -2.38. The molecule has 0 spiro atoms. The largest absolute Gasteiger partial charge is 0.522 e. The van der Waals surface area contributed by atoms with Gasteiger partial charge in [-0.1, -0.05) is 112 Å². The van der Waals surface area contributed by atoms with E-state index in [-0.39, 0.29) is 0 Å². The van der Waals surface area contributed by atoms with Crippen molar-refractivity contribution in [1.82, 2.24) is 0 Å². The number of carbonyl (C=O) groups excluding carboxylic acids is 1. The van der Waals surface area contributed by atoms with Gasteiger partial charge < -0.3 is 0 Å². The lowest BCUT2D eigenvalue weighted by molar-refractivity contribution is -0.120. The fraction of sp³-hybridized carbons (Fsp3) is 0.359. The fourth-order valence-corrected chi connectivity index (χ4v) is 10.4. The van der Waals surface area contributed by atoms with Crippen molar-refractivity contribution in [2.45, 2.75) is 70.2 Å². The number of halogens is 3. The van der Waals surface area contributed by atoms with E-state index in [4.69, 9.17) is 13.0 Å². The first kappa shape index (κ1) is 36.0. The Balaban J connectivity index is 0.000000503. The Labute approximate surface area is 283 Å². The van der Waals surface area contributed by atoms with E-state index in [2.05, 4.69) is 106 Å². The monoisotopic (exact) mass is 695 g/mol. The normalized spacial score (nSPS) is 13.3. The lowest BCUT2D eigenvalue weighted by atomic mass is 9.69. The Morgan fingerprint density at radius 3 is 1.50 bits per heavy atom. The maximum atomic E-state index is 15.0. The predicted octanol–water partition coefficient (Wildman–Crippen LogP) is 9.91. The Hall–Kier alpha value is -3.32. The molecule has 2 aliphatic carbocycles. The maximum absolute atomic E-state index is 15.0. The SMILES string of the molecule is CCCC[PH+](CCCC)CC(=O)C(C)(c1cccc2c1Cc1ccccc1-2)c1cccc2c1Cc1ccccc1-2.O=S(=O)(O)C(F)(F)F. The molecule has 0 bridgehead atoms. The molecule has 0 aromatic heterocycles. The average Bonchev–Trinajstić information content (AvgIpc) is 3.63. The summed E-state index contributed by atoms with van der Waals surface area (Å²) in [6.07, 6.45) is 9.98. The third-order valence-electron chi connectivity index (χ3n) is 9.81. The van der Waals surface area contributed by atoms with Crippen LogP contribution in [0.15, 0.2) is 84.9 Å². The van der Waals surface area contributed by atoms with Crippen molar-refractivity contribution in [2.24, 2.45) is 0 Å². The minimum Gasteiger partial charge on any atom is -0.294 e. The molecule has 254 valence electrons. The van der Waals surface area contributed by atoms with Crippen LogP contribution in [0.5, 0.6) is 0 Å². The van der Waals surface area contributed by atoms with Gasteiger partial charge in [-0.15, -0.1) is 0 Å². The molecule has 1 N–H and O–H groups in total. The van der Waals surface area contributed by atoms with E-state index < -0.39 is 29.0 Å². The number of rotatable bonds is 11. The molecule has 9 heteroatoms. The van der Waals surface area contributed by atoms with Gasteiger partial charge in [-0.25, -0.2) is 0 Å². The summed E-state index contributed by atoms with van der Waals surface area (Å²) in [5.74, 6) is 0.433. The zero-order chi connectivity index (χ0) is 34.7. The molecular formula is C39H43F3O4PS+. The van der Waals surface area contributed by atoms with Crippen LogP contribution in [0.3, 0.4) is 0 Å². The van der Waals surface area contributed by atoms with Gasteiger partial charge in [-0.05, 0) is 88.2 Å². The van der Waals surface area contributed by atoms with Crippen LogP contribution >= 0.6 is 7.92 Å². The van der Waals surface area contributed by atoms with E-state index >= 15 is 0 Å². The first-order valence-electron chi connectivity index (χ1n) is 16.6. The van der Waals surface area contributed by atoms with E-state index in [1.165, 1.54) is 93.6 Å². The number of hydrogen-bond acceptors (Lipinski definition) is 3. The van der Waals surface area contributed by atoms with Gasteiger partial charge in [0.15, 0.2) is 5.78 Å². The van der Waals surface area contributed by atoms with E-state index in [1.807, 2.05) is 0 Å². The number of unbranched alkanes of at least 4 members (excludes halogenated alkanes) is 2. The summed E-state index contributed by atoms with van der Waals surface area (Å²) >= 11 is 0. The molecule has 0 atom stereocenters. The highest BCUT2D eigenvalue weighted by molar-refractivity contribution is 7.86. The predicted molar refractivity (Wildman–Crippen MR) is 191 cm³/mol. The molecule has 48 heavy (non-hydrogen) atoms. The molecule has 6 rings (SSSR count). The maximum Gasteiger partial charge on any atom is 0.522 e. The van der Waals surface area contributed by atoms with Crippen LogP contribution in [-0.4, -0.2) is 42.7 Å². The molecule has 0 fully saturated rings. The molecule has 0 radical (unpaired) electrons. The lowest BCUT2D eigenvalue weighted by Gasteiger charge is -2.33. The smallest absolute Gasteiger partial charge is 0.294 e. The molecule has 4 nitrogen and oxygen atoms in total. The van der Waals surface area contributed by atoms with Crippen LogP contribution in [0.1, 0.15) is 79.8 Å². The average molecular weight is 696 g/mol. The molecule has 0 saturated carbocycles. The van der Waals surface area contributed by atoms with Crippen LogP contribution < -0.4 is 0 Å². The molecule has 0 saturated heterocycles. The molecule has 4 aromatic carbocycles. The standard InChI is InChI=1S/C38H41OP.CHF3O3S/c1-4-6-22-40(23-7-5-2)26-37(39)38(3,35-20-12-18-31-29-16-10-8-14-27(29)24-33(31)35)36-21-13-19-32-30-17-11-9-15-28(30)25-34(32)36;2-1(3,4)8(5,6)7/h8-21H,4-7,22-26H2,1-3H3;(H,5,6,7)/p+1. The van der Waals surface area contributed by atoms with Gasteiger partial charge in [0.1, 0.15) is 6.16 Å². The Morgan fingerprint density at radius 1 is 0.708 bits per heavy atom. The minimum atomic E-state index is -5.84. The first-order valence-corrected chi connectivity index (χ1v) is 20.2. The van der Waals surface area contributed by atoms with Crippen molar-refractivity contribution in [3.05, 3.63) is 118 Å². The number of Topliss-reactive ketones (excluding diaryl/α,β-unsaturated/α-hetero) is 1. The zero-order valence-electron chi connectivity index (χ0n) is 27.7. The Bertz CT molecular complexity index is 1800. The van der Waals surface area contributed by atoms with Gasteiger partial charge in [0.05, 0.1) is 17.7 Å². The number of hydrogen-bond donors (Lipinski definition) is 1. The summed E-state index contributed by atoms with van der Waals surface area (Å²) in [4.78, 5) is 15.0. The molecule has 0 amide bonds. The number of carbonyl (C=O) groups is 1. The third kappa shape index (κ3) is 7.17. The zero-order valence-corrected chi connectivity index (χ0v) is 29.5. The van der Waals surface area contributed by atoms with Crippen LogP contribution in [-0.2, 0) is 33.2 Å². The van der Waals surface area contributed by atoms with Crippen LogP contribution in [0.2, 0.25) is 0 Å². The fourth-order valence-electron chi connectivity index (χ4n) is 7.26. The van der Waals surface area contributed by atoms with Gasteiger partial charge in [-0.3, -0.25) is 9.35 Å². The van der Waals surface area contributed by atoms with E-state index in [0.29, 0.717) is 5.78 Å². The van der Waals surface area contributed by atoms with Crippen molar-refractivity contribution < 1.29 is 30.9 Å². The van der Waals surface area contributed by atoms with Crippen molar-refractivity contribution in [3.63, 3.8) is 0 Å². The quantitative estimate of drug-likeness (QED) is 0.0832. The molecule has 0 aliphatic heterocycles. The Morgan fingerprint density at radius 2 is 1.10 bits per heavy atom. The Kier molecular flexibility index (Phi) is 11.0. The highest BCUT2D eigenvalue weighted by Gasteiger charge is 2.45. The van der Waals surface area contributed by atoms with Crippen molar-refractivity contribution >= 4 is 23.8 Å². The van der Waals surface area contributed by atoms with Gasteiger partial charge in [0, 0.05) is 7.92 Å². The molecule has 0 unspecified atom stereocenters. The van der Waals surface area contributed by atoms with Gasteiger partial charge in [0.2, 0.25) is 0 Å². The second-order valence-corrected chi connectivity index (χ2v) is 17.2. The summed E-state index contributed by atoms with van der Waals surface area (Å²) in [5, 5.41) is 0. The summed E-state index contributed by atoms with van der Waals surface area (Å²) < 4.78 is 57.5. The number of fused-ring (bicyclic) bond motifs is 6. The summed E-state index contributed by atoms with van der Waals surface area (Å²) in [7, 11) is -6.59. The summed E-state index contributed by atoms with van der Waals surface area (Å²) in [6.45, 7) is 6.83. The first-order chi connectivity index (χ1) is 22.8. The van der Waals surface area contributed by atoms with Crippen LogP contribution in [0.4, 0.5) is 13.2 Å². The van der Waals surface area contributed by atoms with E-state index in [9.17, 15) is 18.0 Å². The second kappa shape index (κ2) is 14.7. The number of alkyl halides is 3.